The highest BCUT2D eigenvalue weighted by atomic mass is 32.1. The molecule has 0 aliphatic carbocycles. The number of carbonyl (C=O) groups excluding carboxylic acids is 2. The lowest BCUT2D eigenvalue weighted by molar-refractivity contribution is -0.0757. The maximum absolute atomic E-state index is 12.3. The molecule has 0 bridgehead atoms. The zero-order valence-electron chi connectivity index (χ0n) is 10.6. The lowest BCUT2D eigenvalue weighted by atomic mass is 10.0. The first-order valence-electron chi connectivity index (χ1n) is 5.64. The molecule has 2 rings (SSSR count). The minimum atomic E-state index is -0.344. The van der Waals surface area contributed by atoms with Gasteiger partial charge in [0.25, 0.3) is 5.91 Å². The Morgan fingerprint density at radius 3 is 2.37 bits per heavy atom. The summed E-state index contributed by atoms with van der Waals surface area (Å²) in [6.45, 7) is 0. The maximum atomic E-state index is 12.3. The molecule has 0 fully saturated rings. The summed E-state index contributed by atoms with van der Waals surface area (Å²) in [6.07, 6.45) is 0. The summed E-state index contributed by atoms with van der Waals surface area (Å²) in [5.41, 5.74) is 0.726. The largest absolute Gasteiger partial charge is 0.288 e. The Morgan fingerprint density at radius 2 is 1.79 bits per heavy atom. The van der Waals surface area contributed by atoms with Crippen LogP contribution in [-0.2, 0) is 4.84 Å². The van der Waals surface area contributed by atoms with Gasteiger partial charge >= 0.3 is 0 Å². The molecule has 0 aliphatic heterocycles. The van der Waals surface area contributed by atoms with E-state index in [1.54, 1.807) is 30.3 Å². The van der Waals surface area contributed by atoms with Crippen molar-refractivity contribution in [2.24, 2.45) is 0 Å². The van der Waals surface area contributed by atoms with Gasteiger partial charge in [0.15, 0.2) is 0 Å². The molecule has 1 aromatic carbocycles. The topological polar surface area (TPSA) is 46.6 Å². The predicted octanol–water partition coefficient (Wildman–Crippen LogP) is 2.61. The van der Waals surface area contributed by atoms with Crippen LogP contribution in [0, 0.1) is 0 Å². The minimum absolute atomic E-state index is 0.150. The summed E-state index contributed by atoms with van der Waals surface area (Å²) in [5, 5.41) is 2.93. The van der Waals surface area contributed by atoms with Crippen LogP contribution in [0.1, 0.15) is 25.6 Å². The summed E-state index contributed by atoms with van der Waals surface area (Å²) < 4.78 is 0. The van der Waals surface area contributed by atoms with E-state index < -0.39 is 0 Å². The van der Waals surface area contributed by atoms with E-state index in [1.807, 2.05) is 11.4 Å². The minimum Gasteiger partial charge on any atom is -0.288 e. The molecular weight excluding hydrogens is 262 g/mol. The number of hydroxylamine groups is 2. The number of carbonyl (C=O) groups is 2. The molecule has 98 valence electrons. The summed E-state index contributed by atoms with van der Waals surface area (Å²) in [4.78, 5) is 29.9. The SMILES string of the molecule is CON(C)C(=O)c1ccccc1C(=O)c1cccs1. The first-order valence-corrected chi connectivity index (χ1v) is 6.52. The van der Waals surface area contributed by atoms with Crippen LogP contribution in [0.3, 0.4) is 0 Å². The molecule has 4 nitrogen and oxygen atoms in total. The van der Waals surface area contributed by atoms with Gasteiger partial charge < -0.3 is 0 Å². The zero-order chi connectivity index (χ0) is 13.8. The van der Waals surface area contributed by atoms with Crippen molar-refractivity contribution < 1.29 is 14.4 Å². The second-order valence-electron chi connectivity index (χ2n) is 3.84. The molecule has 0 atom stereocenters. The molecule has 0 spiro atoms. The van der Waals surface area contributed by atoms with Gasteiger partial charge in [0.2, 0.25) is 5.78 Å². The number of hydrogen-bond donors (Lipinski definition) is 0. The number of amides is 1. The van der Waals surface area contributed by atoms with Gasteiger partial charge in [-0.2, -0.15) is 0 Å². The van der Waals surface area contributed by atoms with Crippen LogP contribution in [0.5, 0.6) is 0 Å². The number of thiophene rings is 1. The lowest BCUT2D eigenvalue weighted by Crippen LogP contribution is -2.27. The van der Waals surface area contributed by atoms with Crippen LogP contribution in [-0.4, -0.2) is 30.9 Å². The Kier molecular flexibility index (Phi) is 4.09. The molecule has 0 aliphatic rings. The summed E-state index contributed by atoms with van der Waals surface area (Å²) in [5.74, 6) is -0.494. The van der Waals surface area contributed by atoms with Crippen molar-refractivity contribution in [3.05, 3.63) is 57.8 Å². The monoisotopic (exact) mass is 275 g/mol. The highest BCUT2D eigenvalue weighted by molar-refractivity contribution is 7.12. The van der Waals surface area contributed by atoms with Gasteiger partial charge in [-0.1, -0.05) is 24.3 Å². The molecular formula is C14H13NO3S. The second kappa shape index (κ2) is 5.77. The number of rotatable bonds is 4. The molecule has 0 unspecified atom stereocenters. The average molecular weight is 275 g/mol. The standard InChI is InChI=1S/C14H13NO3S/c1-15(18-2)14(17)11-7-4-3-6-10(11)13(16)12-8-5-9-19-12/h3-9H,1-2H3. The predicted molar refractivity (Wildman–Crippen MR) is 73.3 cm³/mol. The molecule has 1 heterocycles. The average Bonchev–Trinajstić information content (AvgIpc) is 2.99. The van der Waals surface area contributed by atoms with Crippen LogP contribution in [0.4, 0.5) is 0 Å². The van der Waals surface area contributed by atoms with E-state index in [0.717, 1.165) is 5.06 Å². The number of nitrogens with zero attached hydrogens (tertiary/aromatic N) is 1. The third kappa shape index (κ3) is 2.72. The van der Waals surface area contributed by atoms with Gasteiger partial charge in [0, 0.05) is 12.6 Å². The van der Waals surface area contributed by atoms with E-state index in [4.69, 9.17) is 4.84 Å². The summed E-state index contributed by atoms with van der Waals surface area (Å²) in [7, 11) is 2.91. The van der Waals surface area contributed by atoms with E-state index >= 15 is 0 Å². The molecule has 1 amide bonds. The van der Waals surface area contributed by atoms with Gasteiger partial charge in [-0.3, -0.25) is 14.4 Å². The third-order valence-electron chi connectivity index (χ3n) is 2.71. The van der Waals surface area contributed by atoms with E-state index in [1.165, 1.54) is 25.5 Å². The molecule has 2 aromatic rings. The fraction of sp³-hybridized carbons (Fsp3) is 0.143. The Bertz CT molecular complexity index is 592. The summed E-state index contributed by atoms with van der Waals surface area (Å²) >= 11 is 1.35. The van der Waals surface area contributed by atoms with Gasteiger partial charge in [0.05, 0.1) is 17.6 Å². The van der Waals surface area contributed by atoms with E-state index in [9.17, 15) is 9.59 Å². The van der Waals surface area contributed by atoms with Gasteiger partial charge in [-0.25, -0.2) is 5.06 Å². The van der Waals surface area contributed by atoms with Crippen molar-refractivity contribution in [1.29, 1.82) is 0 Å². The van der Waals surface area contributed by atoms with Crippen molar-refractivity contribution in [2.45, 2.75) is 0 Å². The van der Waals surface area contributed by atoms with Gasteiger partial charge in [0.1, 0.15) is 0 Å². The van der Waals surface area contributed by atoms with Crippen LogP contribution in [0.2, 0.25) is 0 Å². The second-order valence-corrected chi connectivity index (χ2v) is 4.78. The van der Waals surface area contributed by atoms with Crippen LogP contribution < -0.4 is 0 Å². The van der Waals surface area contributed by atoms with Crippen LogP contribution >= 0.6 is 11.3 Å². The van der Waals surface area contributed by atoms with Gasteiger partial charge in [-0.15, -0.1) is 11.3 Å². The first-order chi connectivity index (χ1) is 9.15. The van der Waals surface area contributed by atoms with Crippen molar-refractivity contribution >= 4 is 23.0 Å². The molecule has 0 saturated carbocycles. The van der Waals surface area contributed by atoms with Crippen molar-refractivity contribution in [3.8, 4) is 0 Å². The smallest absolute Gasteiger partial charge is 0.277 e. The molecule has 0 radical (unpaired) electrons. The molecule has 0 saturated heterocycles. The summed E-state index contributed by atoms with van der Waals surface area (Å²) in [6, 6.07) is 10.3. The first kappa shape index (κ1) is 13.5. The normalized spacial score (nSPS) is 10.2. The third-order valence-corrected chi connectivity index (χ3v) is 3.58. The van der Waals surface area contributed by atoms with Crippen LogP contribution in [0.25, 0.3) is 0 Å². The zero-order valence-corrected chi connectivity index (χ0v) is 11.4. The highest BCUT2D eigenvalue weighted by Crippen LogP contribution is 2.19. The van der Waals surface area contributed by atoms with Crippen molar-refractivity contribution in [1.82, 2.24) is 5.06 Å². The number of ketones is 1. The Hall–Kier alpha value is -1.98. The molecule has 0 N–H and O–H groups in total. The number of benzene rings is 1. The van der Waals surface area contributed by atoms with E-state index in [0.29, 0.717) is 16.0 Å². The Morgan fingerprint density at radius 1 is 1.11 bits per heavy atom. The molecule has 5 heteroatoms. The fourth-order valence-corrected chi connectivity index (χ4v) is 2.34. The quantitative estimate of drug-likeness (QED) is 0.636. The number of hydrogen-bond acceptors (Lipinski definition) is 4. The van der Waals surface area contributed by atoms with E-state index in [2.05, 4.69) is 0 Å². The van der Waals surface area contributed by atoms with Crippen molar-refractivity contribution in [3.63, 3.8) is 0 Å². The van der Waals surface area contributed by atoms with Crippen molar-refractivity contribution in [2.75, 3.05) is 14.2 Å². The lowest BCUT2D eigenvalue weighted by Gasteiger charge is -2.15. The molecule has 1 aromatic heterocycles. The Labute approximate surface area is 115 Å². The fourth-order valence-electron chi connectivity index (χ4n) is 1.66. The van der Waals surface area contributed by atoms with Gasteiger partial charge in [-0.05, 0) is 17.5 Å². The van der Waals surface area contributed by atoms with Crippen LogP contribution in [0.15, 0.2) is 41.8 Å². The van der Waals surface area contributed by atoms with E-state index in [-0.39, 0.29) is 11.7 Å². The maximum Gasteiger partial charge on any atom is 0.277 e. The highest BCUT2D eigenvalue weighted by Gasteiger charge is 2.20. The molecule has 19 heavy (non-hydrogen) atoms. The Balaban J connectivity index is 2.42.